The summed E-state index contributed by atoms with van der Waals surface area (Å²) >= 11 is 0. The van der Waals surface area contributed by atoms with E-state index in [1.54, 1.807) is 29.2 Å². The second kappa shape index (κ2) is 16.6. The fraction of sp³-hybridized carbons (Fsp3) is 0.500. The fourth-order valence-corrected chi connectivity index (χ4v) is 5.04. The molecule has 2 heterocycles. The van der Waals surface area contributed by atoms with Crippen LogP contribution in [0.4, 0.5) is 0 Å². The lowest BCUT2D eigenvalue weighted by Crippen LogP contribution is -2.52. The van der Waals surface area contributed by atoms with Gasteiger partial charge in [0.15, 0.2) is 0 Å². The lowest BCUT2D eigenvalue weighted by Gasteiger charge is -2.28. The van der Waals surface area contributed by atoms with Crippen molar-refractivity contribution in [2.45, 2.75) is 57.2 Å². The number of benzene rings is 2. The summed E-state index contributed by atoms with van der Waals surface area (Å²) in [5, 5.41) is 8.52. The summed E-state index contributed by atoms with van der Waals surface area (Å²) < 4.78 is 17.0. The Hall–Kier alpha value is -3.96. The molecule has 3 N–H and O–H groups in total. The van der Waals surface area contributed by atoms with Crippen LogP contribution < -0.4 is 20.7 Å². The van der Waals surface area contributed by atoms with Crippen LogP contribution in [0, 0.1) is 0 Å². The number of carbonyl (C=O) groups is 4. The molecule has 0 aliphatic carbocycles. The van der Waals surface area contributed by atoms with E-state index < -0.39 is 23.9 Å². The number of carbonyl (C=O) groups excluding carboxylic acids is 4. The second-order valence-electron chi connectivity index (χ2n) is 10.7. The van der Waals surface area contributed by atoms with Gasteiger partial charge in [-0.3, -0.25) is 19.2 Å². The molecule has 0 spiro atoms. The van der Waals surface area contributed by atoms with Gasteiger partial charge in [-0.1, -0.05) is 55.8 Å². The van der Waals surface area contributed by atoms with Crippen LogP contribution in [-0.4, -0.2) is 92.8 Å². The zero-order chi connectivity index (χ0) is 30.4. The van der Waals surface area contributed by atoms with Gasteiger partial charge in [0.25, 0.3) is 5.91 Å². The largest absolute Gasteiger partial charge is 0.491 e. The first-order valence-corrected chi connectivity index (χ1v) is 15.1. The van der Waals surface area contributed by atoms with Crippen molar-refractivity contribution in [2.24, 2.45) is 0 Å². The van der Waals surface area contributed by atoms with Gasteiger partial charge in [-0.2, -0.15) is 0 Å². The normalized spacial score (nSPS) is 22.2. The molecule has 1 fully saturated rings. The van der Waals surface area contributed by atoms with E-state index >= 15 is 0 Å². The number of hydrogen-bond acceptors (Lipinski definition) is 7. The number of ether oxygens (including phenoxy) is 3. The van der Waals surface area contributed by atoms with Crippen LogP contribution in [0.1, 0.15) is 48.5 Å². The Morgan fingerprint density at radius 2 is 1.79 bits per heavy atom. The van der Waals surface area contributed by atoms with Crippen LogP contribution in [0.25, 0.3) is 0 Å². The molecule has 2 aromatic rings. The molecule has 43 heavy (non-hydrogen) atoms. The molecule has 1 saturated heterocycles. The molecule has 0 aromatic heterocycles. The average molecular weight is 595 g/mol. The summed E-state index contributed by atoms with van der Waals surface area (Å²) in [6.45, 7) is 4.51. The van der Waals surface area contributed by atoms with E-state index in [4.69, 9.17) is 14.2 Å². The highest BCUT2D eigenvalue weighted by Crippen LogP contribution is 2.19. The zero-order valence-corrected chi connectivity index (χ0v) is 24.7. The minimum Gasteiger partial charge on any atom is -0.491 e. The van der Waals surface area contributed by atoms with E-state index in [-0.39, 0.29) is 56.0 Å². The van der Waals surface area contributed by atoms with Crippen molar-refractivity contribution in [3.8, 4) is 5.75 Å². The van der Waals surface area contributed by atoms with E-state index in [2.05, 4.69) is 22.9 Å². The lowest BCUT2D eigenvalue weighted by atomic mass is 10.0. The van der Waals surface area contributed by atoms with Gasteiger partial charge < -0.3 is 35.1 Å². The van der Waals surface area contributed by atoms with E-state index in [1.165, 1.54) is 0 Å². The van der Waals surface area contributed by atoms with E-state index in [9.17, 15) is 19.2 Å². The van der Waals surface area contributed by atoms with Gasteiger partial charge in [-0.15, -0.1) is 0 Å². The summed E-state index contributed by atoms with van der Waals surface area (Å²) in [5.41, 5.74) is 1.18. The highest BCUT2D eigenvalue weighted by atomic mass is 16.6. The molecule has 2 aromatic carbocycles. The molecular formula is C32H42N4O7. The van der Waals surface area contributed by atoms with Crippen molar-refractivity contribution in [3.63, 3.8) is 0 Å². The second-order valence-corrected chi connectivity index (χ2v) is 10.7. The maximum absolute atomic E-state index is 13.8. The molecule has 4 amide bonds. The first-order chi connectivity index (χ1) is 20.9. The highest BCUT2D eigenvalue weighted by molar-refractivity contribution is 5.99. The quantitative estimate of drug-likeness (QED) is 0.425. The Kier molecular flexibility index (Phi) is 12.4. The third-order valence-corrected chi connectivity index (χ3v) is 7.43. The Labute approximate surface area is 252 Å². The molecule has 2 aliphatic heterocycles. The minimum atomic E-state index is -1.01. The van der Waals surface area contributed by atoms with Crippen LogP contribution in [0.5, 0.6) is 5.75 Å². The van der Waals surface area contributed by atoms with Crippen molar-refractivity contribution in [1.29, 1.82) is 0 Å². The van der Waals surface area contributed by atoms with Gasteiger partial charge in [0.05, 0.1) is 38.0 Å². The minimum absolute atomic E-state index is 0.0280. The number of hydrogen-bond donors (Lipinski definition) is 3. The van der Waals surface area contributed by atoms with E-state index in [0.29, 0.717) is 38.5 Å². The number of para-hydroxylation sites is 1. The van der Waals surface area contributed by atoms with Gasteiger partial charge in [0, 0.05) is 25.9 Å². The van der Waals surface area contributed by atoms with Crippen LogP contribution in [0.2, 0.25) is 0 Å². The first-order valence-electron chi connectivity index (χ1n) is 15.1. The molecule has 11 heteroatoms. The Bertz CT molecular complexity index is 1220. The van der Waals surface area contributed by atoms with Gasteiger partial charge in [-0.25, -0.2) is 0 Å². The van der Waals surface area contributed by atoms with Gasteiger partial charge in [-0.05, 0) is 30.5 Å². The van der Waals surface area contributed by atoms with Crippen molar-refractivity contribution >= 4 is 23.6 Å². The topological polar surface area (TPSA) is 135 Å². The Morgan fingerprint density at radius 1 is 1.00 bits per heavy atom. The molecular weight excluding hydrogens is 552 g/mol. The maximum Gasteiger partial charge on any atom is 0.255 e. The Balaban J connectivity index is 1.57. The third kappa shape index (κ3) is 9.79. The predicted octanol–water partition coefficient (Wildman–Crippen LogP) is 1.85. The zero-order valence-electron chi connectivity index (χ0n) is 24.7. The van der Waals surface area contributed by atoms with Crippen molar-refractivity contribution in [2.75, 3.05) is 46.1 Å². The summed E-state index contributed by atoms with van der Waals surface area (Å²) in [5.74, 6) is -1.17. The monoisotopic (exact) mass is 594 g/mol. The standard InChI is InChI=1S/C32H42N4O7/c1-2-3-15-36-16-17-43-28-12-8-7-11-25(28)30(38)35-26(31(39)33-21-24-22-41-18-19-42-24)13-14-29(37)34-27(32(36)40)20-23-9-5-4-6-10-23/h4-12,24,26-27H,2-3,13-22H2,1H3,(H,33,39)(H,34,37)(H,35,38)/t24?,26-,27-/m0/s1. The van der Waals surface area contributed by atoms with Crippen LogP contribution in [0.3, 0.4) is 0 Å². The number of amides is 4. The molecule has 1 unspecified atom stereocenters. The summed E-state index contributed by atoms with van der Waals surface area (Å²) in [7, 11) is 0. The number of unbranched alkanes of at least 4 members (excludes halogenated alkanes) is 1. The number of rotatable bonds is 8. The molecule has 11 nitrogen and oxygen atoms in total. The van der Waals surface area contributed by atoms with Gasteiger partial charge in [0.2, 0.25) is 17.7 Å². The van der Waals surface area contributed by atoms with E-state index in [1.807, 2.05) is 30.3 Å². The van der Waals surface area contributed by atoms with Crippen LogP contribution in [-0.2, 0) is 30.3 Å². The fourth-order valence-electron chi connectivity index (χ4n) is 5.04. The van der Waals surface area contributed by atoms with Crippen LogP contribution >= 0.6 is 0 Å². The van der Waals surface area contributed by atoms with Crippen molar-refractivity contribution < 1.29 is 33.4 Å². The summed E-state index contributed by atoms with van der Waals surface area (Å²) in [6, 6.07) is 14.5. The SMILES string of the molecule is CCCCN1CCOc2ccccc2C(=O)N[C@H](C(=O)NCC2COCCO2)CCC(=O)N[C@@H](Cc2ccccc2)C1=O. The maximum atomic E-state index is 13.8. The summed E-state index contributed by atoms with van der Waals surface area (Å²) in [4.78, 5) is 55.4. The highest BCUT2D eigenvalue weighted by Gasteiger charge is 2.29. The summed E-state index contributed by atoms with van der Waals surface area (Å²) in [6.07, 6.45) is 1.67. The van der Waals surface area contributed by atoms with Crippen molar-refractivity contribution in [3.05, 3.63) is 65.7 Å². The average Bonchev–Trinajstić information content (AvgIpc) is 3.03. The molecule has 2 aliphatic rings. The predicted molar refractivity (Wildman–Crippen MR) is 160 cm³/mol. The smallest absolute Gasteiger partial charge is 0.255 e. The van der Waals surface area contributed by atoms with Gasteiger partial charge >= 0.3 is 0 Å². The molecule has 0 bridgehead atoms. The molecule has 232 valence electrons. The number of nitrogens with zero attached hydrogens (tertiary/aromatic N) is 1. The first kappa shape index (κ1) is 32.0. The van der Waals surface area contributed by atoms with E-state index in [0.717, 1.165) is 18.4 Å². The number of nitrogens with one attached hydrogen (secondary N) is 3. The molecule has 0 saturated carbocycles. The number of fused-ring (bicyclic) bond motifs is 1. The molecule has 0 radical (unpaired) electrons. The van der Waals surface area contributed by atoms with Gasteiger partial charge in [0.1, 0.15) is 24.4 Å². The third-order valence-electron chi connectivity index (χ3n) is 7.43. The Morgan fingerprint density at radius 3 is 2.56 bits per heavy atom. The lowest BCUT2D eigenvalue weighted by molar-refractivity contribution is -0.137. The van der Waals surface area contributed by atoms with Crippen molar-refractivity contribution in [1.82, 2.24) is 20.9 Å². The molecule has 4 rings (SSSR count). The van der Waals surface area contributed by atoms with Crippen LogP contribution in [0.15, 0.2) is 54.6 Å². The molecule has 3 atom stereocenters.